The van der Waals surface area contributed by atoms with Gasteiger partial charge in [-0.05, 0) is 18.9 Å². The van der Waals surface area contributed by atoms with Crippen LogP contribution in [0.3, 0.4) is 0 Å². The van der Waals surface area contributed by atoms with Gasteiger partial charge in [-0.25, -0.2) is 4.98 Å². The first kappa shape index (κ1) is 13.3. The van der Waals surface area contributed by atoms with E-state index < -0.39 is 0 Å². The Labute approximate surface area is 109 Å². The van der Waals surface area contributed by atoms with E-state index >= 15 is 0 Å². The molecular formula is C14H22N2O2. The number of pyridine rings is 1. The smallest absolute Gasteiger partial charge is 0.217 e. The Hall–Kier alpha value is -1.13. The summed E-state index contributed by atoms with van der Waals surface area (Å²) in [7, 11) is 1.65. The summed E-state index contributed by atoms with van der Waals surface area (Å²) in [4.78, 5) is 4.17. The summed E-state index contributed by atoms with van der Waals surface area (Å²) in [5.74, 6) is 0.696. The van der Waals surface area contributed by atoms with Gasteiger partial charge in [0.1, 0.15) is 0 Å². The zero-order chi connectivity index (χ0) is 12.6. The summed E-state index contributed by atoms with van der Waals surface area (Å²) in [5.41, 5.74) is 1.08. The summed E-state index contributed by atoms with van der Waals surface area (Å²) in [6.45, 7) is 2.42. The van der Waals surface area contributed by atoms with Crippen molar-refractivity contribution in [3.05, 3.63) is 23.9 Å². The molecule has 1 aliphatic rings. The second-order valence-corrected chi connectivity index (χ2v) is 4.63. The van der Waals surface area contributed by atoms with Gasteiger partial charge in [-0.3, -0.25) is 0 Å². The van der Waals surface area contributed by atoms with Crippen molar-refractivity contribution in [1.29, 1.82) is 0 Å². The van der Waals surface area contributed by atoms with Crippen LogP contribution in [0.25, 0.3) is 0 Å². The highest BCUT2D eigenvalue weighted by atomic mass is 16.5. The van der Waals surface area contributed by atoms with Gasteiger partial charge in [0.05, 0.1) is 19.8 Å². The quantitative estimate of drug-likeness (QED) is 0.753. The number of hydrogen-bond donors (Lipinski definition) is 1. The number of rotatable bonds is 7. The Morgan fingerprint density at radius 2 is 2.22 bits per heavy atom. The van der Waals surface area contributed by atoms with Crippen molar-refractivity contribution >= 4 is 0 Å². The SMILES string of the molecule is COc1ncccc1CNCCOC1CCCC1. The molecule has 0 amide bonds. The van der Waals surface area contributed by atoms with Gasteiger partial charge in [-0.15, -0.1) is 0 Å². The molecule has 1 fully saturated rings. The molecule has 18 heavy (non-hydrogen) atoms. The van der Waals surface area contributed by atoms with Crippen LogP contribution in [0.2, 0.25) is 0 Å². The molecule has 4 heteroatoms. The van der Waals surface area contributed by atoms with Gasteiger partial charge in [0.15, 0.2) is 0 Å². The Kier molecular flexibility index (Phi) is 5.42. The molecule has 0 radical (unpaired) electrons. The fourth-order valence-electron chi connectivity index (χ4n) is 2.32. The highest BCUT2D eigenvalue weighted by Crippen LogP contribution is 2.20. The van der Waals surface area contributed by atoms with Crippen molar-refractivity contribution < 1.29 is 9.47 Å². The van der Waals surface area contributed by atoms with E-state index in [0.29, 0.717) is 12.0 Å². The van der Waals surface area contributed by atoms with Crippen LogP contribution >= 0.6 is 0 Å². The van der Waals surface area contributed by atoms with Crippen molar-refractivity contribution in [2.24, 2.45) is 0 Å². The van der Waals surface area contributed by atoms with Gasteiger partial charge in [0, 0.05) is 24.8 Å². The summed E-state index contributed by atoms with van der Waals surface area (Å²) < 4.78 is 11.0. The van der Waals surface area contributed by atoms with E-state index in [-0.39, 0.29) is 0 Å². The largest absolute Gasteiger partial charge is 0.481 e. The zero-order valence-corrected chi connectivity index (χ0v) is 11.0. The third kappa shape index (κ3) is 3.96. The summed E-state index contributed by atoms with van der Waals surface area (Å²) in [6, 6.07) is 3.95. The lowest BCUT2D eigenvalue weighted by atomic mass is 10.2. The van der Waals surface area contributed by atoms with E-state index in [0.717, 1.165) is 25.3 Å². The average molecular weight is 250 g/mol. The second-order valence-electron chi connectivity index (χ2n) is 4.63. The second kappa shape index (κ2) is 7.34. The van der Waals surface area contributed by atoms with Crippen LogP contribution in [-0.2, 0) is 11.3 Å². The molecule has 0 atom stereocenters. The van der Waals surface area contributed by atoms with Gasteiger partial charge in [0.2, 0.25) is 5.88 Å². The van der Waals surface area contributed by atoms with Crippen LogP contribution in [0.4, 0.5) is 0 Å². The van der Waals surface area contributed by atoms with Crippen LogP contribution in [0.1, 0.15) is 31.2 Å². The Balaban J connectivity index is 1.62. The van der Waals surface area contributed by atoms with E-state index in [1.807, 2.05) is 12.1 Å². The molecule has 100 valence electrons. The molecule has 1 heterocycles. The molecule has 1 aromatic rings. The lowest BCUT2D eigenvalue weighted by Gasteiger charge is -2.12. The minimum Gasteiger partial charge on any atom is -0.481 e. The molecule has 0 aliphatic heterocycles. The van der Waals surface area contributed by atoms with Crippen molar-refractivity contribution in [3.63, 3.8) is 0 Å². The van der Waals surface area contributed by atoms with Gasteiger partial charge in [0.25, 0.3) is 0 Å². The van der Waals surface area contributed by atoms with E-state index in [4.69, 9.17) is 9.47 Å². The first-order valence-corrected chi connectivity index (χ1v) is 6.70. The molecule has 0 bridgehead atoms. The predicted molar refractivity (Wildman–Crippen MR) is 70.7 cm³/mol. The third-order valence-electron chi connectivity index (χ3n) is 3.29. The Morgan fingerprint density at radius 3 is 3.00 bits per heavy atom. The van der Waals surface area contributed by atoms with E-state index in [2.05, 4.69) is 10.3 Å². The molecule has 1 saturated carbocycles. The third-order valence-corrected chi connectivity index (χ3v) is 3.29. The molecule has 4 nitrogen and oxygen atoms in total. The van der Waals surface area contributed by atoms with Gasteiger partial charge >= 0.3 is 0 Å². The number of nitrogens with one attached hydrogen (secondary N) is 1. The minimum absolute atomic E-state index is 0.500. The number of aromatic nitrogens is 1. The van der Waals surface area contributed by atoms with E-state index in [1.54, 1.807) is 13.3 Å². The number of methoxy groups -OCH3 is 1. The molecule has 1 N–H and O–H groups in total. The molecule has 1 aromatic heterocycles. The maximum Gasteiger partial charge on any atom is 0.217 e. The topological polar surface area (TPSA) is 43.4 Å². The first-order chi connectivity index (χ1) is 8.90. The molecule has 0 spiro atoms. The van der Waals surface area contributed by atoms with E-state index in [9.17, 15) is 0 Å². The monoisotopic (exact) mass is 250 g/mol. The minimum atomic E-state index is 0.500. The van der Waals surface area contributed by atoms with Gasteiger partial charge in [-0.1, -0.05) is 18.9 Å². The average Bonchev–Trinajstić information content (AvgIpc) is 2.92. The molecule has 0 aromatic carbocycles. The number of nitrogens with zero attached hydrogens (tertiary/aromatic N) is 1. The highest BCUT2D eigenvalue weighted by Gasteiger charge is 2.14. The van der Waals surface area contributed by atoms with Crippen molar-refractivity contribution in [2.45, 2.75) is 38.3 Å². The lowest BCUT2D eigenvalue weighted by Crippen LogP contribution is -2.22. The lowest BCUT2D eigenvalue weighted by molar-refractivity contribution is 0.0602. The van der Waals surface area contributed by atoms with Crippen LogP contribution in [0.15, 0.2) is 18.3 Å². The predicted octanol–water partition coefficient (Wildman–Crippen LogP) is 2.14. The maximum absolute atomic E-state index is 5.79. The van der Waals surface area contributed by atoms with Crippen LogP contribution in [0, 0.1) is 0 Å². The summed E-state index contributed by atoms with van der Waals surface area (Å²) in [6.07, 6.45) is 7.36. The zero-order valence-electron chi connectivity index (χ0n) is 11.0. The molecular weight excluding hydrogens is 228 g/mol. The van der Waals surface area contributed by atoms with Crippen LogP contribution in [0.5, 0.6) is 5.88 Å². The Bertz CT molecular complexity index is 351. The fourth-order valence-corrected chi connectivity index (χ4v) is 2.32. The molecule has 2 rings (SSSR count). The normalized spacial score (nSPS) is 16.1. The molecule has 0 unspecified atom stereocenters. The standard InChI is InChI=1S/C14H22N2O2/c1-17-14-12(5-4-8-16-14)11-15-9-10-18-13-6-2-3-7-13/h4-5,8,13,15H,2-3,6-7,9-11H2,1H3. The number of ether oxygens (including phenoxy) is 2. The van der Waals surface area contributed by atoms with E-state index in [1.165, 1.54) is 25.7 Å². The first-order valence-electron chi connectivity index (χ1n) is 6.70. The molecule has 0 saturated heterocycles. The molecule has 1 aliphatic carbocycles. The number of hydrogen-bond acceptors (Lipinski definition) is 4. The van der Waals surface area contributed by atoms with Crippen molar-refractivity contribution in [3.8, 4) is 5.88 Å². The summed E-state index contributed by atoms with van der Waals surface area (Å²) >= 11 is 0. The van der Waals surface area contributed by atoms with Crippen molar-refractivity contribution in [2.75, 3.05) is 20.3 Å². The Morgan fingerprint density at radius 1 is 1.39 bits per heavy atom. The summed E-state index contributed by atoms with van der Waals surface area (Å²) in [5, 5.41) is 3.36. The highest BCUT2D eigenvalue weighted by molar-refractivity contribution is 5.24. The maximum atomic E-state index is 5.79. The van der Waals surface area contributed by atoms with Gasteiger partial charge < -0.3 is 14.8 Å². The van der Waals surface area contributed by atoms with Crippen LogP contribution in [-0.4, -0.2) is 31.3 Å². The van der Waals surface area contributed by atoms with Gasteiger partial charge in [-0.2, -0.15) is 0 Å². The fraction of sp³-hybridized carbons (Fsp3) is 0.643. The van der Waals surface area contributed by atoms with Crippen molar-refractivity contribution in [1.82, 2.24) is 10.3 Å². The van der Waals surface area contributed by atoms with Crippen LogP contribution < -0.4 is 10.1 Å².